The van der Waals surface area contributed by atoms with E-state index < -0.39 is 5.97 Å². The molecule has 106 valence electrons. The minimum atomic E-state index is -1.00. The number of nitrogens with zero attached hydrogens (tertiary/aromatic N) is 5. The zero-order chi connectivity index (χ0) is 15.5. The van der Waals surface area contributed by atoms with Crippen LogP contribution in [-0.4, -0.2) is 31.1 Å². The highest BCUT2D eigenvalue weighted by Gasteiger charge is 2.16. The van der Waals surface area contributed by atoms with Gasteiger partial charge in [0.25, 0.3) is 0 Å². The van der Waals surface area contributed by atoms with Crippen molar-refractivity contribution in [2.45, 2.75) is 0 Å². The van der Waals surface area contributed by atoms with Gasteiger partial charge in [0.15, 0.2) is 5.69 Å². The van der Waals surface area contributed by atoms with Gasteiger partial charge in [0.05, 0.1) is 11.3 Å². The number of benzene rings is 1. The van der Waals surface area contributed by atoms with Crippen LogP contribution in [-0.2, 0) is 0 Å². The maximum Gasteiger partial charge on any atom is 0.335 e. The Bertz CT molecular complexity index is 863. The molecule has 0 bridgehead atoms. The molecule has 0 saturated carbocycles. The van der Waals surface area contributed by atoms with E-state index >= 15 is 0 Å². The van der Waals surface area contributed by atoms with Crippen LogP contribution < -0.4 is 0 Å². The lowest BCUT2D eigenvalue weighted by Gasteiger charge is -2.06. The highest BCUT2D eigenvalue weighted by Crippen LogP contribution is 2.24. The van der Waals surface area contributed by atoms with Crippen LogP contribution in [0.4, 0.5) is 0 Å². The average Bonchev–Trinajstić information content (AvgIpc) is 2.99. The van der Waals surface area contributed by atoms with Gasteiger partial charge in [-0.2, -0.15) is 5.26 Å². The first-order chi connectivity index (χ1) is 10.7. The largest absolute Gasteiger partial charge is 0.478 e. The molecule has 0 aliphatic rings. The Hall–Kier alpha value is -3.53. The van der Waals surface area contributed by atoms with Crippen molar-refractivity contribution in [3.63, 3.8) is 0 Å². The lowest BCUT2D eigenvalue weighted by atomic mass is 10.1. The molecule has 2 heterocycles. The summed E-state index contributed by atoms with van der Waals surface area (Å²) in [5.41, 5.74) is 2.26. The van der Waals surface area contributed by atoms with Gasteiger partial charge in [-0.3, -0.25) is 4.98 Å². The van der Waals surface area contributed by atoms with Gasteiger partial charge in [-0.1, -0.05) is 5.21 Å². The molecule has 1 aromatic carbocycles. The highest BCUT2D eigenvalue weighted by molar-refractivity contribution is 5.87. The molecule has 0 saturated heterocycles. The van der Waals surface area contributed by atoms with Gasteiger partial charge in [-0.25, -0.2) is 9.48 Å². The second-order valence-electron chi connectivity index (χ2n) is 4.40. The van der Waals surface area contributed by atoms with E-state index in [0.717, 1.165) is 5.56 Å². The van der Waals surface area contributed by atoms with Crippen molar-refractivity contribution in [1.82, 2.24) is 20.0 Å². The fourth-order valence-corrected chi connectivity index (χ4v) is 2.05. The molecule has 22 heavy (non-hydrogen) atoms. The summed E-state index contributed by atoms with van der Waals surface area (Å²) in [7, 11) is 0. The van der Waals surface area contributed by atoms with E-state index in [4.69, 9.17) is 5.11 Å². The van der Waals surface area contributed by atoms with E-state index in [1.807, 2.05) is 6.07 Å². The molecule has 0 atom stereocenters. The van der Waals surface area contributed by atoms with Gasteiger partial charge in [0.1, 0.15) is 11.8 Å². The van der Waals surface area contributed by atoms with Crippen molar-refractivity contribution in [1.29, 1.82) is 5.26 Å². The van der Waals surface area contributed by atoms with Crippen molar-refractivity contribution in [3.05, 3.63) is 60.0 Å². The number of nitriles is 1. The Balaban J connectivity index is 2.14. The molecule has 3 aromatic rings. The molecule has 7 heteroatoms. The molecule has 7 nitrogen and oxygen atoms in total. The summed E-state index contributed by atoms with van der Waals surface area (Å²) in [6, 6.07) is 11.7. The SMILES string of the molecule is N#Cc1nnn(-c2ccc(C(=O)O)cc2)c1-c1ccncc1. The Labute approximate surface area is 125 Å². The zero-order valence-corrected chi connectivity index (χ0v) is 11.2. The molecule has 0 fully saturated rings. The highest BCUT2D eigenvalue weighted by atomic mass is 16.4. The summed E-state index contributed by atoms with van der Waals surface area (Å²) < 4.78 is 1.50. The Morgan fingerprint density at radius 3 is 2.41 bits per heavy atom. The summed E-state index contributed by atoms with van der Waals surface area (Å²) in [5, 5.41) is 26.0. The summed E-state index contributed by atoms with van der Waals surface area (Å²) >= 11 is 0. The second-order valence-corrected chi connectivity index (χ2v) is 4.40. The predicted molar refractivity (Wildman–Crippen MR) is 76.3 cm³/mol. The van der Waals surface area contributed by atoms with Gasteiger partial charge >= 0.3 is 5.97 Å². The normalized spacial score (nSPS) is 10.1. The maximum atomic E-state index is 10.9. The first-order valence-electron chi connectivity index (χ1n) is 6.30. The lowest BCUT2D eigenvalue weighted by molar-refractivity contribution is 0.0697. The molecule has 0 unspecified atom stereocenters. The molecule has 0 aliphatic heterocycles. The fraction of sp³-hybridized carbons (Fsp3) is 0. The predicted octanol–water partition coefficient (Wildman–Crippen LogP) is 1.90. The van der Waals surface area contributed by atoms with Crippen molar-refractivity contribution < 1.29 is 9.90 Å². The number of carboxylic acid groups (broad SMARTS) is 1. The van der Waals surface area contributed by atoms with Crippen LogP contribution in [0.15, 0.2) is 48.8 Å². The van der Waals surface area contributed by atoms with Crippen LogP contribution in [0.25, 0.3) is 16.9 Å². The van der Waals surface area contributed by atoms with Crippen LogP contribution in [0, 0.1) is 11.3 Å². The number of aromatic nitrogens is 4. The zero-order valence-electron chi connectivity index (χ0n) is 11.2. The minimum Gasteiger partial charge on any atom is -0.478 e. The van der Waals surface area contributed by atoms with E-state index in [2.05, 4.69) is 15.3 Å². The number of carboxylic acids is 1. The van der Waals surface area contributed by atoms with Gasteiger partial charge in [0.2, 0.25) is 0 Å². The summed E-state index contributed by atoms with van der Waals surface area (Å²) in [6.07, 6.45) is 3.22. The van der Waals surface area contributed by atoms with E-state index in [9.17, 15) is 10.1 Å². The Kier molecular flexibility index (Phi) is 3.34. The van der Waals surface area contributed by atoms with Crippen LogP contribution in [0.2, 0.25) is 0 Å². The number of rotatable bonds is 3. The van der Waals surface area contributed by atoms with Crippen molar-refractivity contribution in [2.75, 3.05) is 0 Å². The lowest BCUT2D eigenvalue weighted by Crippen LogP contribution is -2.02. The molecule has 0 amide bonds. The quantitative estimate of drug-likeness (QED) is 0.790. The maximum absolute atomic E-state index is 10.9. The Morgan fingerprint density at radius 2 is 1.82 bits per heavy atom. The summed E-state index contributed by atoms with van der Waals surface area (Å²) in [4.78, 5) is 14.8. The van der Waals surface area contributed by atoms with Crippen LogP contribution in [0.1, 0.15) is 16.1 Å². The average molecular weight is 291 g/mol. The molecule has 2 aromatic heterocycles. The van der Waals surface area contributed by atoms with Crippen molar-refractivity contribution >= 4 is 5.97 Å². The van der Waals surface area contributed by atoms with E-state index in [1.54, 1.807) is 36.7 Å². The number of pyridine rings is 1. The minimum absolute atomic E-state index is 0.176. The monoisotopic (exact) mass is 291 g/mol. The van der Waals surface area contributed by atoms with Gasteiger partial charge in [0, 0.05) is 18.0 Å². The van der Waals surface area contributed by atoms with Crippen LogP contribution in [0.3, 0.4) is 0 Å². The first-order valence-corrected chi connectivity index (χ1v) is 6.30. The van der Waals surface area contributed by atoms with E-state index in [-0.39, 0.29) is 11.3 Å². The third-order valence-corrected chi connectivity index (χ3v) is 3.09. The van der Waals surface area contributed by atoms with Crippen molar-refractivity contribution in [3.8, 4) is 23.0 Å². The van der Waals surface area contributed by atoms with Crippen molar-refractivity contribution in [2.24, 2.45) is 0 Å². The fourth-order valence-electron chi connectivity index (χ4n) is 2.05. The summed E-state index contributed by atoms with van der Waals surface area (Å²) in [6.45, 7) is 0. The molecule has 0 radical (unpaired) electrons. The number of aromatic carboxylic acids is 1. The third-order valence-electron chi connectivity index (χ3n) is 3.09. The molecular weight excluding hydrogens is 282 g/mol. The van der Waals surface area contributed by atoms with Crippen LogP contribution in [0.5, 0.6) is 0 Å². The Morgan fingerprint density at radius 1 is 1.14 bits per heavy atom. The molecule has 0 aliphatic carbocycles. The second kappa shape index (κ2) is 5.46. The first kappa shape index (κ1) is 13.5. The van der Waals surface area contributed by atoms with E-state index in [0.29, 0.717) is 11.4 Å². The van der Waals surface area contributed by atoms with Gasteiger partial charge in [-0.15, -0.1) is 5.10 Å². The standard InChI is InChI=1S/C15H9N5O2/c16-9-13-14(10-5-7-17-8-6-10)20(19-18-13)12-3-1-11(2-4-12)15(21)22/h1-8H,(H,21,22). The number of hydrogen-bond acceptors (Lipinski definition) is 5. The van der Waals surface area contributed by atoms with Gasteiger partial charge in [-0.05, 0) is 36.4 Å². The molecule has 1 N–H and O–H groups in total. The van der Waals surface area contributed by atoms with E-state index in [1.165, 1.54) is 16.8 Å². The third kappa shape index (κ3) is 2.29. The van der Waals surface area contributed by atoms with Gasteiger partial charge < -0.3 is 5.11 Å². The smallest absolute Gasteiger partial charge is 0.335 e. The molecular formula is C15H9N5O2. The number of carbonyl (C=O) groups is 1. The summed E-state index contributed by atoms with van der Waals surface area (Å²) in [5.74, 6) is -1.00. The van der Waals surface area contributed by atoms with Crippen LogP contribution >= 0.6 is 0 Å². The topological polar surface area (TPSA) is 105 Å². The number of hydrogen-bond donors (Lipinski definition) is 1. The molecule has 3 rings (SSSR count). The molecule has 0 spiro atoms.